The highest BCUT2D eigenvalue weighted by molar-refractivity contribution is 7.12. The van der Waals surface area contributed by atoms with Crippen LogP contribution in [0.1, 0.15) is 39.6 Å². The van der Waals surface area contributed by atoms with Crippen molar-refractivity contribution in [3.8, 4) is 0 Å². The first-order valence-corrected chi connectivity index (χ1v) is 11.7. The number of nitrogens with zero attached hydrogens (tertiary/aromatic N) is 2. The maximum Gasteiger partial charge on any atom is 0.253 e. The van der Waals surface area contributed by atoms with Gasteiger partial charge in [-0.15, -0.1) is 11.3 Å². The molecule has 2 aromatic carbocycles. The average molecular weight is 431 g/mol. The quantitative estimate of drug-likeness (QED) is 0.459. The van der Waals surface area contributed by atoms with E-state index in [9.17, 15) is 4.79 Å². The van der Waals surface area contributed by atoms with Gasteiger partial charge in [-0.05, 0) is 66.1 Å². The monoisotopic (exact) mass is 430 g/mol. The fourth-order valence-electron chi connectivity index (χ4n) is 4.72. The molecule has 3 aromatic rings. The summed E-state index contributed by atoms with van der Waals surface area (Å²) in [4.78, 5) is 20.4. The van der Waals surface area contributed by atoms with Crippen molar-refractivity contribution in [1.82, 2.24) is 4.90 Å². The Hall–Kier alpha value is -3.12. The zero-order valence-corrected chi connectivity index (χ0v) is 18.1. The highest BCUT2D eigenvalue weighted by Gasteiger charge is 2.33. The molecule has 0 radical (unpaired) electrons. The fourth-order valence-corrected chi connectivity index (χ4v) is 5.35. The zero-order chi connectivity index (χ0) is 21.2. The number of hydrogen-bond acceptors (Lipinski definition) is 4. The normalized spacial score (nSPS) is 19.2. The van der Waals surface area contributed by atoms with Crippen molar-refractivity contribution in [2.24, 2.45) is 16.6 Å². The van der Waals surface area contributed by atoms with E-state index < -0.39 is 0 Å². The Morgan fingerprint density at radius 2 is 1.87 bits per heavy atom. The molecule has 2 aliphatic heterocycles. The molecule has 5 nitrogen and oxygen atoms in total. The minimum absolute atomic E-state index is 0.143. The highest BCUT2D eigenvalue weighted by Crippen LogP contribution is 2.42. The number of carbonyl (C=O) groups excluding carboxylic acids is 1. The van der Waals surface area contributed by atoms with E-state index in [0.29, 0.717) is 17.7 Å². The predicted octanol–water partition coefficient (Wildman–Crippen LogP) is 4.85. The summed E-state index contributed by atoms with van der Waals surface area (Å²) >= 11 is 1.60. The van der Waals surface area contributed by atoms with Crippen LogP contribution in [0.25, 0.3) is 0 Å². The lowest BCUT2D eigenvalue weighted by atomic mass is 9.81. The summed E-state index contributed by atoms with van der Waals surface area (Å²) in [5, 5.41) is 5.57. The molecule has 2 aliphatic rings. The Labute approximate surface area is 186 Å². The average Bonchev–Trinajstić information content (AvgIpc) is 3.50. The number of piperidine rings is 1. The number of nitrogens with one attached hydrogen (secondary N) is 1. The van der Waals surface area contributed by atoms with Gasteiger partial charge in [-0.3, -0.25) is 4.79 Å². The topological polar surface area (TPSA) is 70.7 Å². The Bertz CT molecular complexity index is 1090. The summed E-state index contributed by atoms with van der Waals surface area (Å²) < 4.78 is 0. The first-order chi connectivity index (χ1) is 15.2. The fraction of sp³-hybridized carbons (Fsp3) is 0.280. The molecule has 1 unspecified atom stereocenters. The SMILES string of the molecule is NC(=Nc1ccc2c(c1)C(C1CCN(C(=O)c3ccccc3)CC1)CN2)c1cccs1. The van der Waals surface area contributed by atoms with Crippen LogP contribution in [0.5, 0.6) is 0 Å². The van der Waals surface area contributed by atoms with E-state index in [4.69, 9.17) is 5.73 Å². The van der Waals surface area contributed by atoms with Gasteiger partial charge in [0.2, 0.25) is 0 Å². The highest BCUT2D eigenvalue weighted by atomic mass is 32.1. The van der Waals surface area contributed by atoms with Gasteiger partial charge in [-0.2, -0.15) is 0 Å². The smallest absolute Gasteiger partial charge is 0.253 e. The predicted molar refractivity (Wildman–Crippen MR) is 127 cm³/mol. The Morgan fingerprint density at radius 3 is 2.61 bits per heavy atom. The maximum atomic E-state index is 12.8. The Morgan fingerprint density at radius 1 is 1.06 bits per heavy atom. The molecule has 3 heterocycles. The molecule has 158 valence electrons. The number of anilines is 1. The van der Waals surface area contributed by atoms with Gasteiger partial charge in [0.1, 0.15) is 5.84 Å². The third-order valence-corrected chi connectivity index (χ3v) is 7.28. The number of aliphatic imine (C=N–C) groups is 1. The number of benzene rings is 2. The van der Waals surface area contributed by atoms with Gasteiger partial charge in [0.15, 0.2) is 0 Å². The number of thiophene rings is 1. The van der Waals surface area contributed by atoms with E-state index >= 15 is 0 Å². The third kappa shape index (κ3) is 4.08. The van der Waals surface area contributed by atoms with Crippen LogP contribution in [0.4, 0.5) is 11.4 Å². The first-order valence-electron chi connectivity index (χ1n) is 10.8. The van der Waals surface area contributed by atoms with Crippen molar-refractivity contribution in [2.45, 2.75) is 18.8 Å². The number of amidine groups is 1. The second kappa shape index (κ2) is 8.55. The minimum Gasteiger partial charge on any atom is -0.384 e. The molecule has 0 bridgehead atoms. The Balaban J connectivity index is 1.28. The van der Waals surface area contributed by atoms with Crippen molar-refractivity contribution in [3.05, 3.63) is 82.0 Å². The van der Waals surface area contributed by atoms with Crippen molar-refractivity contribution < 1.29 is 4.79 Å². The maximum absolute atomic E-state index is 12.8. The number of likely N-dealkylation sites (tertiary alicyclic amines) is 1. The van der Waals surface area contributed by atoms with Gasteiger partial charge in [0, 0.05) is 36.8 Å². The zero-order valence-electron chi connectivity index (χ0n) is 17.3. The number of amides is 1. The van der Waals surface area contributed by atoms with Gasteiger partial charge >= 0.3 is 0 Å². The van der Waals surface area contributed by atoms with Gasteiger partial charge in [0.05, 0.1) is 10.6 Å². The molecular formula is C25H26N4OS. The lowest BCUT2D eigenvalue weighted by Gasteiger charge is -2.35. The molecule has 1 amide bonds. The lowest BCUT2D eigenvalue weighted by Crippen LogP contribution is -2.40. The summed E-state index contributed by atoms with van der Waals surface area (Å²) in [7, 11) is 0. The van der Waals surface area contributed by atoms with Crippen LogP contribution in [0.15, 0.2) is 71.0 Å². The van der Waals surface area contributed by atoms with Crippen LogP contribution in [-0.4, -0.2) is 36.3 Å². The number of carbonyl (C=O) groups is 1. The second-order valence-electron chi connectivity index (χ2n) is 8.23. The summed E-state index contributed by atoms with van der Waals surface area (Å²) in [6.07, 6.45) is 2.05. The number of nitrogens with two attached hydrogens (primary N) is 1. The van der Waals surface area contributed by atoms with Crippen LogP contribution >= 0.6 is 11.3 Å². The molecule has 1 saturated heterocycles. The molecule has 0 saturated carbocycles. The number of fused-ring (bicyclic) bond motifs is 1. The van der Waals surface area contributed by atoms with Gasteiger partial charge in [-0.25, -0.2) is 4.99 Å². The van der Waals surface area contributed by atoms with E-state index in [0.717, 1.165) is 48.6 Å². The molecule has 3 N–H and O–H groups in total. The third-order valence-electron chi connectivity index (χ3n) is 6.39. The van der Waals surface area contributed by atoms with Crippen LogP contribution < -0.4 is 11.1 Å². The Kier molecular flexibility index (Phi) is 5.47. The van der Waals surface area contributed by atoms with Crippen molar-refractivity contribution in [3.63, 3.8) is 0 Å². The van der Waals surface area contributed by atoms with E-state index in [1.54, 1.807) is 11.3 Å². The first kappa shape index (κ1) is 19.8. The number of rotatable bonds is 4. The largest absolute Gasteiger partial charge is 0.384 e. The van der Waals surface area contributed by atoms with Crippen molar-refractivity contribution in [1.29, 1.82) is 0 Å². The van der Waals surface area contributed by atoms with Crippen LogP contribution in [-0.2, 0) is 0 Å². The molecule has 1 fully saturated rings. The molecule has 1 atom stereocenters. The molecule has 31 heavy (non-hydrogen) atoms. The van der Waals surface area contributed by atoms with Crippen molar-refractivity contribution >= 4 is 34.5 Å². The van der Waals surface area contributed by atoms with Gasteiger partial charge in [-0.1, -0.05) is 24.3 Å². The van der Waals surface area contributed by atoms with E-state index in [1.165, 1.54) is 11.3 Å². The summed E-state index contributed by atoms with van der Waals surface area (Å²) in [5.74, 6) is 1.71. The van der Waals surface area contributed by atoms with Gasteiger partial charge in [0.25, 0.3) is 5.91 Å². The van der Waals surface area contributed by atoms with E-state index in [1.807, 2.05) is 58.8 Å². The van der Waals surface area contributed by atoms with Crippen LogP contribution in [0.2, 0.25) is 0 Å². The molecular weight excluding hydrogens is 404 g/mol. The van der Waals surface area contributed by atoms with Crippen LogP contribution in [0, 0.1) is 5.92 Å². The molecule has 0 aliphatic carbocycles. The van der Waals surface area contributed by atoms with Crippen molar-refractivity contribution in [2.75, 3.05) is 25.0 Å². The minimum atomic E-state index is 0.143. The summed E-state index contributed by atoms with van der Waals surface area (Å²) in [6.45, 7) is 2.57. The molecule has 6 heteroatoms. The molecule has 1 aromatic heterocycles. The molecule has 5 rings (SSSR count). The molecule has 0 spiro atoms. The van der Waals surface area contributed by atoms with E-state index in [2.05, 4.69) is 22.4 Å². The van der Waals surface area contributed by atoms with Gasteiger partial charge < -0.3 is 16.0 Å². The van der Waals surface area contributed by atoms with E-state index in [-0.39, 0.29) is 5.91 Å². The standard InChI is InChI=1S/C25H26N4OS/c26-24(23-7-4-14-31-23)28-19-8-9-22-20(15-19)21(16-27-22)17-10-12-29(13-11-17)25(30)18-5-2-1-3-6-18/h1-9,14-15,17,21,27H,10-13,16H2,(H2,26,28). The summed E-state index contributed by atoms with van der Waals surface area (Å²) in [5.41, 5.74) is 10.4. The summed E-state index contributed by atoms with van der Waals surface area (Å²) in [6, 6.07) is 19.9. The number of hydrogen-bond donors (Lipinski definition) is 2. The van der Waals surface area contributed by atoms with Crippen LogP contribution in [0.3, 0.4) is 0 Å². The lowest BCUT2D eigenvalue weighted by molar-refractivity contribution is 0.0680. The second-order valence-corrected chi connectivity index (χ2v) is 9.18.